The molecule has 0 aliphatic carbocycles. The average Bonchev–Trinajstić information content (AvgIpc) is 2.89. The monoisotopic (exact) mass is 503 g/mol. The van der Waals surface area contributed by atoms with E-state index in [-0.39, 0.29) is 0 Å². The van der Waals surface area contributed by atoms with Crippen molar-refractivity contribution in [2.24, 2.45) is 0 Å². The Morgan fingerprint density at radius 3 is 2.56 bits per heavy atom. The number of ether oxygens (including phenoxy) is 2. The van der Waals surface area contributed by atoms with Crippen molar-refractivity contribution in [3.8, 4) is 11.5 Å². The van der Waals surface area contributed by atoms with Crippen LogP contribution >= 0.6 is 24.0 Å². The summed E-state index contributed by atoms with van der Waals surface area (Å²) in [6, 6.07) is 4.02. The van der Waals surface area contributed by atoms with Crippen molar-refractivity contribution in [2.75, 3.05) is 70.2 Å². The molecule has 0 spiro atoms. The molecule has 2 aromatic rings. The van der Waals surface area contributed by atoms with Crippen LogP contribution in [0.15, 0.2) is 18.5 Å². The fourth-order valence-electron chi connectivity index (χ4n) is 4.61. The van der Waals surface area contributed by atoms with Gasteiger partial charge in [0.25, 0.3) is 0 Å². The van der Waals surface area contributed by atoms with Crippen LogP contribution in [0.3, 0.4) is 0 Å². The average molecular weight is 504 g/mol. The number of nitrogens with zero attached hydrogens (tertiary/aromatic N) is 5. The lowest BCUT2D eigenvalue weighted by molar-refractivity contribution is 0.203. The van der Waals surface area contributed by atoms with E-state index in [9.17, 15) is 0 Å². The van der Waals surface area contributed by atoms with E-state index in [1.807, 2.05) is 12.1 Å². The van der Waals surface area contributed by atoms with Gasteiger partial charge in [-0.2, -0.15) is 0 Å². The highest BCUT2D eigenvalue weighted by molar-refractivity contribution is 8.22. The summed E-state index contributed by atoms with van der Waals surface area (Å²) in [5, 5.41) is 0.997. The van der Waals surface area contributed by atoms with Crippen LogP contribution in [0.4, 0.5) is 5.82 Å². The number of anilines is 1. The molecule has 2 saturated heterocycles. The summed E-state index contributed by atoms with van der Waals surface area (Å²) in [6.45, 7) is 9.99. The number of benzene rings is 1. The van der Waals surface area contributed by atoms with E-state index in [0.29, 0.717) is 6.61 Å². The molecule has 186 valence electrons. The van der Waals surface area contributed by atoms with Crippen LogP contribution in [0.5, 0.6) is 11.5 Å². The molecule has 3 heterocycles. The van der Waals surface area contributed by atoms with Gasteiger partial charge in [0.1, 0.15) is 16.5 Å². The molecule has 2 fully saturated rings. The number of thiocarbonyl (C=S) groups is 1. The Morgan fingerprint density at radius 1 is 1.03 bits per heavy atom. The molecule has 1 aromatic carbocycles. The molecule has 2 aliphatic rings. The second kappa shape index (κ2) is 12.7. The Kier molecular flexibility index (Phi) is 9.47. The Balaban J connectivity index is 1.40. The van der Waals surface area contributed by atoms with Crippen molar-refractivity contribution in [3.05, 3.63) is 18.5 Å². The molecule has 9 heteroatoms. The summed E-state index contributed by atoms with van der Waals surface area (Å²) < 4.78 is 12.8. The number of methoxy groups -OCH3 is 1. The van der Waals surface area contributed by atoms with Crippen LogP contribution < -0.4 is 14.4 Å². The summed E-state index contributed by atoms with van der Waals surface area (Å²) in [5.74, 6) is 3.52. The van der Waals surface area contributed by atoms with Gasteiger partial charge in [0.05, 0.1) is 19.2 Å². The predicted octanol–water partition coefficient (Wildman–Crippen LogP) is 4.44. The molecule has 2 aliphatic heterocycles. The third kappa shape index (κ3) is 6.43. The second-order valence-corrected chi connectivity index (χ2v) is 10.6. The Hall–Kier alpha value is -1.84. The number of rotatable bonds is 9. The van der Waals surface area contributed by atoms with E-state index in [4.69, 9.17) is 21.7 Å². The highest BCUT2D eigenvalue weighted by Crippen LogP contribution is 2.35. The number of piperidine rings is 1. The number of aromatic nitrogens is 2. The lowest BCUT2D eigenvalue weighted by Crippen LogP contribution is -2.48. The van der Waals surface area contributed by atoms with E-state index in [1.165, 1.54) is 32.4 Å². The molecule has 0 radical (unpaired) electrons. The number of fused-ring (bicyclic) bond motifs is 1. The zero-order valence-corrected chi connectivity index (χ0v) is 22.1. The zero-order valence-electron chi connectivity index (χ0n) is 20.5. The van der Waals surface area contributed by atoms with Crippen molar-refractivity contribution < 1.29 is 9.47 Å². The topological polar surface area (TPSA) is 54.0 Å². The first-order valence-corrected chi connectivity index (χ1v) is 13.9. The fourth-order valence-corrected chi connectivity index (χ4v) is 5.79. The molecule has 7 nitrogen and oxygen atoms in total. The van der Waals surface area contributed by atoms with Gasteiger partial charge in [-0.05, 0) is 50.6 Å². The number of thioether (sulfide) groups is 1. The number of hydrogen-bond acceptors (Lipinski definition) is 8. The quantitative estimate of drug-likeness (QED) is 0.365. The summed E-state index contributed by atoms with van der Waals surface area (Å²) >= 11 is 7.40. The van der Waals surface area contributed by atoms with Crippen molar-refractivity contribution in [1.82, 2.24) is 19.8 Å². The molecule has 0 amide bonds. The van der Waals surface area contributed by atoms with Gasteiger partial charge in [-0.1, -0.05) is 37.3 Å². The minimum absolute atomic E-state index is 0.675. The van der Waals surface area contributed by atoms with Crippen LogP contribution in [-0.4, -0.2) is 89.4 Å². The van der Waals surface area contributed by atoms with Crippen LogP contribution in [0.1, 0.15) is 39.0 Å². The lowest BCUT2D eigenvalue weighted by Gasteiger charge is -2.36. The minimum atomic E-state index is 0.675. The van der Waals surface area contributed by atoms with Crippen LogP contribution in [0.2, 0.25) is 0 Å². The van der Waals surface area contributed by atoms with Gasteiger partial charge in [0.15, 0.2) is 11.5 Å². The normalized spacial score (nSPS) is 17.2. The maximum absolute atomic E-state index is 6.14. The van der Waals surface area contributed by atoms with Crippen molar-refractivity contribution in [2.45, 2.75) is 39.0 Å². The Morgan fingerprint density at radius 2 is 1.82 bits per heavy atom. The van der Waals surface area contributed by atoms with Crippen LogP contribution in [0, 0.1) is 0 Å². The molecule has 34 heavy (non-hydrogen) atoms. The minimum Gasteiger partial charge on any atom is -0.493 e. The molecule has 0 atom stereocenters. The summed E-state index contributed by atoms with van der Waals surface area (Å²) in [6.07, 6.45) is 7.81. The van der Waals surface area contributed by atoms with E-state index in [1.54, 1.807) is 25.2 Å². The molecule has 1 aromatic heterocycles. The van der Waals surface area contributed by atoms with Gasteiger partial charge in [0, 0.05) is 44.2 Å². The van der Waals surface area contributed by atoms with E-state index >= 15 is 0 Å². The number of piperazine rings is 1. The molecule has 0 unspecified atom stereocenters. The van der Waals surface area contributed by atoms with Crippen LogP contribution in [-0.2, 0) is 0 Å². The first kappa shape index (κ1) is 25.3. The smallest absolute Gasteiger partial charge is 0.163 e. The van der Waals surface area contributed by atoms with E-state index in [0.717, 1.165) is 83.9 Å². The number of hydrogen-bond donors (Lipinski definition) is 0. The zero-order chi connectivity index (χ0) is 23.8. The van der Waals surface area contributed by atoms with Gasteiger partial charge >= 0.3 is 0 Å². The lowest BCUT2D eigenvalue weighted by atomic mass is 10.1. The first-order chi connectivity index (χ1) is 16.7. The first-order valence-electron chi connectivity index (χ1n) is 12.5. The largest absolute Gasteiger partial charge is 0.493 e. The summed E-state index contributed by atoms with van der Waals surface area (Å²) in [5.41, 5.74) is 0.883. The SMILES string of the molecule is CCCSC(=S)N1CCN(c2ncnc3cc(OCCCN4CCCCC4)c(OC)cc23)CC1. The van der Waals surface area contributed by atoms with Crippen molar-refractivity contribution in [3.63, 3.8) is 0 Å². The number of likely N-dealkylation sites (tertiary alicyclic amines) is 1. The van der Waals surface area contributed by atoms with Crippen molar-refractivity contribution >= 4 is 45.0 Å². The van der Waals surface area contributed by atoms with Gasteiger partial charge in [-0.15, -0.1) is 0 Å². The summed E-state index contributed by atoms with van der Waals surface area (Å²) in [7, 11) is 1.69. The van der Waals surface area contributed by atoms with Crippen LogP contribution in [0.25, 0.3) is 10.9 Å². The Bertz CT molecular complexity index is 946. The standard InChI is InChI=1S/C25H37N5O2S2/c1-3-16-34-25(33)30-13-11-29(12-14-30)24-20-17-22(31-2)23(18-21(20)26-19-27-24)32-15-7-10-28-8-5-4-6-9-28/h17-19H,3-16H2,1-2H3. The van der Waals surface area contributed by atoms with Gasteiger partial charge < -0.3 is 24.2 Å². The predicted molar refractivity (Wildman–Crippen MR) is 146 cm³/mol. The molecule has 4 rings (SSSR count). The maximum Gasteiger partial charge on any atom is 0.163 e. The summed E-state index contributed by atoms with van der Waals surface area (Å²) in [4.78, 5) is 16.4. The highest BCUT2D eigenvalue weighted by Gasteiger charge is 2.22. The fraction of sp³-hybridized carbons (Fsp3) is 0.640. The maximum atomic E-state index is 6.14. The second-order valence-electron chi connectivity index (χ2n) is 8.91. The highest BCUT2D eigenvalue weighted by atomic mass is 32.2. The Labute approximate surface area is 213 Å². The molecule has 0 N–H and O–H groups in total. The van der Waals surface area contributed by atoms with E-state index < -0.39 is 0 Å². The third-order valence-corrected chi connectivity index (χ3v) is 8.22. The molecule has 0 saturated carbocycles. The molecular weight excluding hydrogens is 466 g/mol. The van der Waals surface area contributed by atoms with E-state index in [2.05, 4.69) is 31.6 Å². The van der Waals surface area contributed by atoms with Crippen molar-refractivity contribution in [1.29, 1.82) is 0 Å². The third-order valence-electron chi connectivity index (χ3n) is 6.49. The van der Waals surface area contributed by atoms with Gasteiger partial charge in [0.2, 0.25) is 0 Å². The molecule has 0 bridgehead atoms. The van der Waals surface area contributed by atoms with Gasteiger partial charge in [-0.3, -0.25) is 0 Å². The molecular formula is C25H37N5O2S2. The van der Waals surface area contributed by atoms with Gasteiger partial charge in [-0.25, -0.2) is 9.97 Å².